The summed E-state index contributed by atoms with van der Waals surface area (Å²) in [5, 5.41) is 6.11. The number of nitrogens with one attached hydrogen (secondary N) is 2. The van der Waals surface area contributed by atoms with Gasteiger partial charge in [0, 0.05) is 0 Å². The van der Waals surface area contributed by atoms with Crippen LogP contribution in [0.4, 0.5) is 15.6 Å². The molecule has 3 aromatic rings. The molecule has 2 radical (unpaired) electrons. The van der Waals surface area contributed by atoms with E-state index in [1.54, 1.807) is 69.4 Å². The first-order chi connectivity index (χ1) is 15.8. The standard InChI is InChI=1S/C25H28AsN3O4S/c1-24(2,3)20-14-27-22(34-20)29-21(30)15-7-12-19(18(26)13-15)32-17-10-8-16(9-11-17)28-23(31)33-25(4,5)6/h7-14H,1-6H3,(H,28,31)(H,27,29,30). The topological polar surface area (TPSA) is 89.5 Å². The normalized spacial score (nSPS) is 11.6. The Morgan fingerprint density at radius 2 is 1.65 bits per heavy atom. The van der Waals surface area contributed by atoms with Gasteiger partial charge in [-0.15, -0.1) is 0 Å². The third-order valence-corrected chi connectivity index (χ3v) is 6.49. The molecule has 0 saturated heterocycles. The Labute approximate surface area is 212 Å². The van der Waals surface area contributed by atoms with Gasteiger partial charge in [-0.2, -0.15) is 0 Å². The Morgan fingerprint density at radius 3 is 2.21 bits per heavy atom. The molecule has 0 aliphatic heterocycles. The number of ether oxygens (including phenoxy) is 2. The molecule has 178 valence electrons. The maximum atomic E-state index is 12.7. The molecule has 2 aromatic carbocycles. The van der Waals surface area contributed by atoms with Gasteiger partial charge in [-0.3, -0.25) is 0 Å². The first kappa shape index (κ1) is 25.8. The van der Waals surface area contributed by atoms with Crippen molar-refractivity contribution in [1.82, 2.24) is 4.98 Å². The molecule has 0 fully saturated rings. The second-order valence-corrected chi connectivity index (χ2v) is 11.7. The molecular formula is C25H28AsN3O4S. The fraction of sp³-hybridized carbons (Fsp3) is 0.320. The Balaban J connectivity index is 1.62. The van der Waals surface area contributed by atoms with Crippen molar-refractivity contribution in [3.8, 4) is 11.5 Å². The summed E-state index contributed by atoms with van der Waals surface area (Å²) in [4.78, 5) is 30.0. The summed E-state index contributed by atoms with van der Waals surface area (Å²) in [5.41, 5.74) is 0.518. The number of nitrogens with zero attached hydrogens (tertiary/aromatic N) is 1. The summed E-state index contributed by atoms with van der Waals surface area (Å²) in [6.45, 7) is 11.7. The van der Waals surface area contributed by atoms with Crippen LogP contribution < -0.4 is 19.7 Å². The fourth-order valence-corrected chi connectivity index (χ4v) is 4.16. The van der Waals surface area contributed by atoms with Crippen molar-refractivity contribution in [2.24, 2.45) is 0 Å². The van der Waals surface area contributed by atoms with Gasteiger partial charge in [-0.05, 0) is 0 Å². The van der Waals surface area contributed by atoms with E-state index in [-0.39, 0.29) is 11.3 Å². The van der Waals surface area contributed by atoms with Gasteiger partial charge < -0.3 is 0 Å². The number of rotatable bonds is 5. The number of carbonyl (C=O) groups excluding carboxylic acids is 2. The van der Waals surface area contributed by atoms with E-state index in [0.717, 1.165) is 9.23 Å². The molecule has 2 N–H and O–H groups in total. The Hall–Kier alpha value is -2.83. The summed E-state index contributed by atoms with van der Waals surface area (Å²) >= 11 is 3.88. The summed E-state index contributed by atoms with van der Waals surface area (Å²) in [6, 6.07) is 12.2. The van der Waals surface area contributed by atoms with Gasteiger partial charge in [-0.1, -0.05) is 0 Å². The molecule has 1 heterocycles. The molecule has 1 aromatic heterocycles. The molecule has 0 spiro atoms. The van der Waals surface area contributed by atoms with Gasteiger partial charge in [0.2, 0.25) is 0 Å². The molecule has 0 aliphatic carbocycles. The van der Waals surface area contributed by atoms with Crippen molar-refractivity contribution < 1.29 is 19.1 Å². The molecular weight excluding hydrogens is 513 g/mol. The van der Waals surface area contributed by atoms with Crippen molar-refractivity contribution in [1.29, 1.82) is 0 Å². The minimum atomic E-state index is -0.568. The fourth-order valence-electron chi connectivity index (χ4n) is 2.75. The van der Waals surface area contributed by atoms with E-state index in [4.69, 9.17) is 9.47 Å². The number of aromatic nitrogens is 1. The average molecular weight is 542 g/mol. The number of anilines is 2. The molecule has 0 bridgehead atoms. The van der Waals surface area contributed by atoms with Crippen molar-refractivity contribution >= 4 is 55.4 Å². The van der Waals surface area contributed by atoms with E-state index in [9.17, 15) is 9.59 Å². The van der Waals surface area contributed by atoms with Crippen molar-refractivity contribution in [2.75, 3.05) is 10.6 Å². The first-order valence-corrected chi connectivity index (χ1v) is 12.4. The van der Waals surface area contributed by atoms with Crippen LogP contribution in [0.15, 0.2) is 48.7 Å². The van der Waals surface area contributed by atoms with Crippen LogP contribution in [0.25, 0.3) is 0 Å². The number of thiazole rings is 1. The number of hydrogen-bond acceptors (Lipinski definition) is 6. The molecule has 2 amide bonds. The quantitative estimate of drug-likeness (QED) is 0.409. The zero-order valence-electron chi connectivity index (χ0n) is 20.1. The van der Waals surface area contributed by atoms with Gasteiger partial charge in [0.1, 0.15) is 0 Å². The third kappa shape index (κ3) is 7.34. The molecule has 3 rings (SSSR count). The van der Waals surface area contributed by atoms with Crippen molar-refractivity contribution in [3.05, 3.63) is 59.1 Å². The van der Waals surface area contributed by atoms with E-state index in [0.29, 0.717) is 27.9 Å². The van der Waals surface area contributed by atoms with Crippen LogP contribution in [-0.4, -0.2) is 39.4 Å². The van der Waals surface area contributed by atoms with Crippen LogP contribution in [0.5, 0.6) is 11.5 Å². The van der Waals surface area contributed by atoms with Crippen LogP contribution in [0.3, 0.4) is 0 Å². The van der Waals surface area contributed by atoms with E-state index < -0.39 is 11.7 Å². The maximum absolute atomic E-state index is 12.7. The van der Waals surface area contributed by atoms with Crippen LogP contribution in [0.1, 0.15) is 56.8 Å². The first-order valence-electron chi connectivity index (χ1n) is 10.7. The van der Waals surface area contributed by atoms with E-state index >= 15 is 0 Å². The van der Waals surface area contributed by atoms with Crippen LogP contribution in [0, 0.1) is 0 Å². The number of carbonyl (C=O) groups is 2. The number of benzene rings is 2. The Morgan fingerprint density at radius 1 is 0.971 bits per heavy atom. The predicted octanol–water partition coefficient (Wildman–Crippen LogP) is 5.63. The predicted molar refractivity (Wildman–Crippen MR) is 137 cm³/mol. The van der Waals surface area contributed by atoms with Gasteiger partial charge >= 0.3 is 213 Å². The second kappa shape index (κ2) is 10.2. The van der Waals surface area contributed by atoms with Crippen molar-refractivity contribution in [3.63, 3.8) is 0 Å². The summed E-state index contributed by atoms with van der Waals surface area (Å²) in [5.74, 6) is 0.969. The van der Waals surface area contributed by atoms with Gasteiger partial charge in [-0.25, -0.2) is 0 Å². The number of hydrogen-bond donors (Lipinski definition) is 2. The average Bonchev–Trinajstić information content (AvgIpc) is 3.18. The van der Waals surface area contributed by atoms with Gasteiger partial charge in [0.25, 0.3) is 0 Å². The second-order valence-electron chi connectivity index (χ2n) is 9.67. The SMILES string of the molecule is CC(C)(C)OC(=O)Nc1ccc(Oc2ccc(C(=O)Nc3ncc(C(C)(C)C)s3)cc2[As])cc1. The number of amides is 2. The van der Waals surface area contributed by atoms with Gasteiger partial charge in [0.05, 0.1) is 0 Å². The molecule has 9 heteroatoms. The molecule has 34 heavy (non-hydrogen) atoms. The van der Waals surface area contributed by atoms with Crippen LogP contribution in [0.2, 0.25) is 0 Å². The molecule has 0 aliphatic rings. The van der Waals surface area contributed by atoms with Crippen molar-refractivity contribution in [2.45, 2.75) is 52.6 Å². The zero-order chi connectivity index (χ0) is 25.1. The summed E-state index contributed by atoms with van der Waals surface area (Å²) in [6.07, 6.45) is 1.28. The Bertz CT molecular complexity index is 1180. The monoisotopic (exact) mass is 541 g/mol. The summed E-state index contributed by atoms with van der Waals surface area (Å²) in [7, 11) is 0. The van der Waals surface area contributed by atoms with E-state index in [1.807, 2.05) is 0 Å². The van der Waals surface area contributed by atoms with Crippen LogP contribution in [-0.2, 0) is 10.2 Å². The molecule has 0 unspecified atom stereocenters. The Kier molecular flexibility index (Phi) is 7.73. The van der Waals surface area contributed by atoms with Crippen LogP contribution >= 0.6 is 11.3 Å². The molecule has 0 saturated carbocycles. The minimum absolute atomic E-state index is 0.0162. The molecule has 7 nitrogen and oxygen atoms in total. The summed E-state index contributed by atoms with van der Waals surface area (Å²) < 4.78 is 11.9. The van der Waals surface area contributed by atoms with Gasteiger partial charge in [0.15, 0.2) is 0 Å². The van der Waals surface area contributed by atoms with E-state index in [1.165, 1.54) is 11.3 Å². The third-order valence-electron chi connectivity index (χ3n) is 4.41. The van der Waals surface area contributed by atoms with E-state index in [2.05, 4.69) is 53.2 Å². The zero-order valence-corrected chi connectivity index (χ0v) is 22.7. The molecule has 0 atom stereocenters.